The van der Waals surface area contributed by atoms with Gasteiger partial charge < -0.3 is 10.6 Å². The van der Waals surface area contributed by atoms with Crippen molar-refractivity contribution in [1.29, 1.82) is 0 Å². The largest absolute Gasteiger partial charge is 0.343 e. The van der Waals surface area contributed by atoms with E-state index in [0.29, 0.717) is 0 Å². The van der Waals surface area contributed by atoms with Gasteiger partial charge in [0.2, 0.25) is 11.8 Å². The summed E-state index contributed by atoms with van der Waals surface area (Å²) < 4.78 is 0.954. The molecule has 0 bridgehead atoms. The van der Waals surface area contributed by atoms with Crippen LogP contribution < -0.4 is 10.6 Å². The number of anilines is 1. The van der Waals surface area contributed by atoms with Crippen LogP contribution in [0.5, 0.6) is 0 Å². The third-order valence-electron chi connectivity index (χ3n) is 2.44. The Hall–Kier alpha value is -1.88. The molecule has 0 aliphatic heterocycles. The highest BCUT2D eigenvalue weighted by atomic mass is 79.9. The first kappa shape index (κ1) is 16.2. The molecule has 0 aliphatic carbocycles. The summed E-state index contributed by atoms with van der Waals surface area (Å²) in [6, 6.07) is 5.57. The summed E-state index contributed by atoms with van der Waals surface area (Å²) in [6.45, 7) is 3.70. The fourth-order valence-corrected chi connectivity index (χ4v) is 1.92. The van der Waals surface area contributed by atoms with Crippen LogP contribution in [0, 0.1) is 6.92 Å². The number of allylic oxidation sites excluding steroid dienone is 3. The quantitative estimate of drug-likeness (QED) is 0.641. The lowest BCUT2D eigenvalue weighted by Gasteiger charge is -2.08. The van der Waals surface area contributed by atoms with Gasteiger partial charge in [0.1, 0.15) is 0 Å². The molecule has 2 amide bonds. The maximum Gasteiger partial charge on any atom is 0.244 e. The van der Waals surface area contributed by atoms with Crippen molar-refractivity contribution in [3.8, 4) is 0 Å². The first-order chi connectivity index (χ1) is 9.52. The number of halogens is 1. The highest BCUT2D eigenvalue weighted by Crippen LogP contribution is 2.19. The van der Waals surface area contributed by atoms with Crippen LogP contribution in [-0.2, 0) is 9.59 Å². The number of rotatable bonds is 5. The molecule has 20 heavy (non-hydrogen) atoms. The summed E-state index contributed by atoms with van der Waals surface area (Å²) in [5, 5.41) is 5.26. The zero-order valence-electron chi connectivity index (χ0n) is 11.4. The van der Waals surface area contributed by atoms with Crippen molar-refractivity contribution in [1.82, 2.24) is 5.32 Å². The number of aryl methyl sites for hydroxylation is 1. The van der Waals surface area contributed by atoms with Crippen LogP contribution in [0.15, 0.2) is 47.0 Å². The standard InChI is InChI=1S/C15H17BrN2O2/c1-3-4-5-6-14(19)17-10-15(20)18-13-8-7-12(16)9-11(13)2/h3-9H,10H2,1-2H3,(H,17,19)(H,18,20)/b4-3+,6-5+. The second-order valence-corrected chi connectivity index (χ2v) is 5.03. The topological polar surface area (TPSA) is 58.2 Å². The molecule has 0 radical (unpaired) electrons. The lowest BCUT2D eigenvalue weighted by Crippen LogP contribution is -2.31. The van der Waals surface area contributed by atoms with Crippen LogP contribution in [0.1, 0.15) is 12.5 Å². The number of carbonyl (C=O) groups excluding carboxylic acids is 2. The molecule has 1 rings (SSSR count). The van der Waals surface area contributed by atoms with Crippen LogP contribution in [0.25, 0.3) is 0 Å². The smallest absolute Gasteiger partial charge is 0.244 e. The van der Waals surface area contributed by atoms with E-state index in [-0.39, 0.29) is 18.4 Å². The fourth-order valence-electron chi connectivity index (χ4n) is 1.44. The van der Waals surface area contributed by atoms with E-state index >= 15 is 0 Å². The highest BCUT2D eigenvalue weighted by molar-refractivity contribution is 9.10. The van der Waals surface area contributed by atoms with E-state index in [1.807, 2.05) is 38.1 Å². The van der Waals surface area contributed by atoms with Crippen LogP contribution in [0.3, 0.4) is 0 Å². The molecule has 0 spiro atoms. The van der Waals surface area contributed by atoms with Crippen LogP contribution in [-0.4, -0.2) is 18.4 Å². The molecule has 0 aromatic heterocycles. The molecule has 0 unspecified atom stereocenters. The molecule has 106 valence electrons. The van der Waals surface area contributed by atoms with E-state index < -0.39 is 0 Å². The second-order valence-electron chi connectivity index (χ2n) is 4.11. The monoisotopic (exact) mass is 336 g/mol. The van der Waals surface area contributed by atoms with Crippen LogP contribution >= 0.6 is 15.9 Å². The number of amides is 2. The minimum atomic E-state index is -0.300. The van der Waals surface area contributed by atoms with Gasteiger partial charge in [-0.1, -0.05) is 34.2 Å². The van der Waals surface area contributed by atoms with E-state index in [1.54, 1.807) is 12.2 Å². The first-order valence-corrected chi connectivity index (χ1v) is 6.95. The summed E-state index contributed by atoms with van der Waals surface area (Å²) in [5.41, 5.74) is 1.68. The van der Waals surface area contributed by atoms with Gasteiger partial charge in [0.05, 0.1) is 6.54 Å². The lowest BCUT2D eigenvalue weighted by molar-refractivity contribution is -0.121. The molecule has 2 N–H and O–H groups in total. The molecule has 5 heteroatoms. The Morgan fingerprint density at radius 2 is 2.05 bits per heavy atom. The normalized spacial score (nSPS) is 10.9. The number of carbonyl (C=O) groups is 2. The van der Waals surface area contributed by atoms with E-state index in [0.717, 1.165) is 15.7 Å². The first-order valence-electron chi connectivity index (χ1n) is 6.16. The average Bonchev–Trinajstić information content (AvgIpc) is 2.40. The molecule has 4 nitrogen and oxygen atoms in total. The van der Waals surface area contributed by atoms with E-state index in [9.17, 15) is 9.59 Å². The molecule has 0 saturated heterocycles. The van der Waals surface area contributed by atoms with Crippen LogP contribution in [0.4, 0.5) is 5.69 Å². The maximum absolute atomic E-state index is 11.7. The Labute approximate surface area is 127 Å². The Balaban J connectivity index is 2.46. The Morgan fingerprint density at radius 1 is 1.30 bits per heavy atom. The zero-order chi connectivity index (χ0) is 15.0. The van der Waals surface area contributed by atoms with Crippen molar-refractivity contribution < 1.29 is 9.59 Å². The van der Waals surface area contributed by atoms with Gasteiger partial charge in [-0.15, -0.1) is 0 Å². The summed E-state index contributed by atoms with van der Waals surface area (Å²) >= 11 is 3.36. The zero-order valence-corrected chi connectivity index (χ0v) is 13.0. The predicted molar refractivity (Wildman–Crippen MR) is 84.5 cm³/mol. The Bertz CT molecular complexity index is 551. The fraction of sp³-hybridized carbons (Fsp3) is 0.200. The average molecular weight is 337 g/mol. The number of hydrogen-bond acceptors (Lipinski definition) is 2. The minimum Gasteiger partial charge on any atom is -0.343 e. The van der Waals surface area contributed by atoms with E-state index in [1.165, 1.54) is 6.08 Å². The SMILES string of the molecule is C/C=C/C=C/C(=O)NCC(=O)Nc1ccc(Br)cc1C. The van der Waals surface area contributed by atoms with Gasteiger partial charge in [0.15, 0.2) is 0 Å². The molecule has 0 saturated carbocycles. The van der Waals surface area contributed by atoms with Gasteiger partial charge in [-0.25, -0.2) is 0 Å². The van der Waals surface area contributed by atoms with Gasteiger partial charge in [-0.2, -0.15) is 0 Å². The molecule has 1 aromatic carbocycles. The van der Waals surface area contributed by atoms with Crippen molar-refractivity contribution >= 4 is 33.4 Å². The third kappa shape index (κ3) is 5.84. The molecule has 0 atom stereocenters. The van der Waals surface area contributed by atoms with Gasteiger partial charge >= 0.3 is 0 Å². The maximum atomic E-state index is 11.7. The predicted octanol–water partition coefficient (Wildman–Crippen LogP) is 2.94. The second kappa shape index (κ2) is 8.32. The van der Waals surface area contributed by atoms with Gasteiger partial charge in [-0.05, 0) is 37.6 Å². The van der Waals surface area contributed by atoms with Crippen molar-refractivity contribution in [2.75, 3.05) is 11.9 Å². The van der Waals surface area contributed by atoms with Gasteiger partial charge in [0.25, 0.3) is 0 Å². The van der Waals surface area contributed by atoms with Crippen molar-refractivity contribution in [2.45, 2.75) is 13.8 Å². The molecular weight excluding hydrogens is 320 g/mol. The van der Waals surface area contributed by atoms with Crippen molar-refractivity contribution in [3.63, 3.8) is 0 Å². The summed E-state index contributed by atoms with van der Waals surface area (Å²) in [7, 11) is 0. The summed E-state index contributed by atoms with van der Waals surface area (Å²) in [6.07, 6.45) is 6.54. The van der Waals surface area contributed by atoms with Crippen molar-refractivity contribution in [2.24, 2.45) is 0 Å². The summed E-state index contributed by atoms with van der Waals surface area (Å²) in [4.78, 5) is 23.1. The van der Waals surface area contributed by atoms with Gasteiger partial charge in [-0.3, -0.25) is 9.59 Å². The Morgan fingerprint density at radius 3 is 2.70 bits per heavy atom. The highest BCUT2D eigenvalue weighted by Gasteiger charge is 2.05. The minimum absolute atomic E-state index is 0.0610. The van der Waals surface area contributed by atoms with Crippen molar-refractivity contribution in [3.05, 3.63) is 52.5 Å². The molecule has 0 fully saturated rings. The number of benzene rings is 1. The van der Waals surface area contributed by atoms with Crippen LogP contribution in [0.2, 0.25) is 0 Å². The van der Waals surface area contributed by atoms with E-state index in [2.05, 4.69) is 26.6 Å². The Kier molecular flexibility index (Phi) is 6.73. The lowest BCUT2D eigenvalue weighted by atomic mass is 10.2. The molecular formula is C15H17BrN2O2. The van der Waals surface area contributed by atoms with Gasteiger partial charge in [0, 0.05) is 16.2 Å². The molecule has 0 heterocycles. The molecule has 0 aliphatic rings. The molecule has 1 aromatic rings. The number of nitrogens with one attached hydrogen (secondary N) is 2. The van der Waals surface area contributed by atoms with E-state index in [4.69, 9.17) is 0 Å². The number of hydrogen-bond donors (Lipinski definition) is 2. The third-order valence-corrected chi connectivity index (χ3v) is 2.93. The summed E-state index contributed by atoms with van der Waals surface area (Å²) in [5.74, 6) is -0.561.